The van der Waals surface area contributed by atoms with Gasteiger partial charge >= 0.3 is 0 Å². The second-order valence-electron chi connectivity index (χ2n) is 7.89. The Kier molecular flexibility index (Phi) is 8.86. The predicted molar refractivity (Wildman–Crippen MR) is 129 cm³/mol. The van der Waals surface area contributed by atoms with Crippen molar-refractivity contribution in [1.29, 1.82) is 0 Å². The van der Waals surface area contributed by atoms with Crippen LogP contribution in [0.25, 0.3) is 0 Å². The van der Waals surface area contributed by atoms with E-state index < -0.39 is 0 Å². The fourth-order valence-corrected chi connectivity index (χ4v) is 5.05. The van der Waals surface area contributed by atoms with Gasteiger partial charge in [-0.15, -0.1) is 35.3 Å². The van der Waals surface area contributed by atoms with Crippen LogP contribution < -0.4 is 10.6 Å². The van der Waals surface area contributed by atoms with Crippen LogP contribution in [0.1, 0.15) is 49.2 Å². The molecular weight excluding hydrogens is 497 g/mol. The lowest BCUT2D eigenvalue weighted by molar-refractivity contribution is -0.0815. The molecule has 5 nitrogen and oxygen atoms in total. The summed E-state index contributed by atoms with van der Waals surface area (Å²) in [5.74, 6) is 1.92. The topological polar surface area (TPSA) is 58.8 Å². The van der Waals surface area contributed by atoms with Crippen molar-refractivity contribution < 1.29 is 9.15 Å². The molecule has 160 valence electrons. The molecule has 1 unspecified atom stereocenters. The van der Waals surface area contributed by atoms with Gasteiger partial charge < -0.3 is 19.8 Å². The molecule has 1 spiro atoms. The van der Waals surface area contributed by atoms with Gasteiger partial charge in [0.1, 0.15) is 5.76 Å². The first kappa shape index (κ1) is 22.6. The van der Waals surface area contributed by atoms with Crippen molar-refractivity contribution in [2.75, 3.05) is 19.7 Å². The van der Waals surface area contributed by atoms with Crippen LogP contribution in [0.4, 0.5) is 0 Å². The summed E-state index contributed by atoms with van der Waals surface area (Å²) in [6, 6.07) is 8.68. The molecule has 2 N–H and O–H groups in total. The highest BCUT2D eigenvalue weighted by molar-refractivity contribution is 14.0. The van der Waals surface area contributed by atoms with Crippen molar-refractivity contribution in [3.05, 3.63) is 46.5 Å². The lowest BCUT2D eigenvalue weighted by Crippen LogP contribution is -2.51. The smallest absolute Gasteiger partial charge is 0.191 e. The number of thiophene rings is 1. The molecule has 2 aromatic rings. The highest BCUT2D eigenvalue weighted by atomic mass is 127. The fraction of sp³-hybridized carbons (Fsp3) is 0.591. The van der Waals surface area contributed by atoms with E-state index in [4.69, 9.17) is 14.1 Å². The average molecular weight is 529 g/mol. The van der Waals surface area contributed by atoms with Crippen LogP contribution in [0.3, 0.4) is 0 Å². The van der Waals surface area contributed by atoms with Gasteiger partial charge in [-0.05, 0) is 49.3 Å². The summed E-state index contributed by atoms with van der Waals surface area (Å²) in [6.07, 6.45) is 10.7. The summed E-state index contributed by atoms with van der Waals surface area (Å²) < 4.78 is 11.6. The Bertz CT molecular complexity index is 727. The number of nitrogens with zero attached hydrogens (tertiary/aromatic N) is 1. The third-order valence-corrected chi connectivity index (χ3v) is 6.74. The molecule has 2 fully saturated rings. The van der Waals surface area contributed by atoms with E-state index in [-0.39, 0.29) is 29.6 Å². The van der Waals surface area contributed by atoms with Crippen LogP contribution in [0.5, 0.6) is 0 Å². The minimum absolute atomic E-state index is 0. The number of hydrogen-bond donors (Lipinski definition) is 2. The maximum atomic E-state index is 6.19. The molecule has 29 heavy (non-hydrogen) atoms. The zero-order chi connectivity index (χ0) is 19.1. The number of furan rings is 1. The van der Waals surface area contributed by atoms with Gasteiger partial charge in [0.15, 0.2) is 5.96 Å². The molecule has 1 atom stereocenters. The van der Waals surface area contributed by atoms with Gasteiger partial charge in [-0.25, -0.2) is 0 Å². The second kappa shape index (κ2) is 11.4. The fourth-order valence-electron chi connectivity index (χ4n) is 4.36. The molecule has 0 bridgehead atoms. The molecule has 1 saturated heterocycles. The maximum Gasteiger partial charge on any atom is 0.191 e. The molecule has 4 rings (SSSR count). The highest BCUT2D eigenvalue weighted by Crippen LogP contribution is 2.39. The number of guanidine groups is 1. The first-order valence-electron chi connectivity index (χ1n) is 10.5. The normalized spacial score (nSPS) is 21.1. The first-order chi connectivity index (χ1) is 13.8. The Morgan fingerprint density at radius 1 is 1.21 bits per heavy atom. The molecular formula is C22H32IN3O2S. The Morgan fingerprint density at radius 2 is 2.10 bits per heavy atom. The van der Waals surface area contributed by atoms with Crippen LogP contribution in [0, 0.1) is 0 Å². The number of nitrogens with one attached hydrogen (secondary N) is 2. The maximum absolute atomic E-state index is 6.19. The Hall–Kier alpha value is -1.06. The molecule has 0 radical (unpaired) electrons. The zero-order valence-corrected chi connectivity index (χ0v) is 20.0. The van der Waals surface area contributed by atoms with Crippen LogP contribution in [0.15, 0.2) is 45.3 Å². The van der Waals surface area contributed by atoms with Gasteiger partial charge in [-0.1, -0.05) is 18.9 Å². The molecule has 1 saturated carbocycles. The average Bonchev–Trinajstić information content (AvgIpc) is 3.45. The zero-order valence-electron chi connectivity index (χ0n) is 16.9. The third-order valence-electron chi connectivity index (χ3n) is 5.80. The summed E-state index contributed by atoms with van der Waals surface area (Å²) in [4.78, 5) is 6.24. The monoisotopic (exact) mass is 529 g/mol. The minimum Gasteiger partial charge on any atom is -0.469 e. The molecule has 7 heteroatoms. The Labute approximate surface area is 194 Å². The van der Waals surface area contributed by atoms with E-state index >= 15 is 0 Å². The minimum atomic E-state index is 0. The van der Waals surface area contributed by atoms with Crippen molar-refractivity contribution in [1.82, 2.24) is 10.6 Å². The quantitative estimate of drug-likeness (QED) is 0.308. The SMILES string of the molecule is I.c1coc(CCNC(=NCCc2cccs2)NC2CCOC3(CCCC3)C2)c1. The van der Waals surface area contributed by atoms with Gasteiger partial charge in [-0.3, -0.25) is 4.99 Å². The predicted octanol–water partition coefficient (Wildman–Crippen LogP) is 4.77. The van der Waals surface area contributed by atoms with Gasteiger partial charge in [0.05, 0.1) is 11.9 Å². The van der Waals surface area contributed by atoms with E-state index in [2.05, 4.69) is 28.1 Å². The molecule has 0 amide bonds. The van der Waals surface area contributed by atoms with Crippen molar-refractivity contribution in [2.24, 2.45) is 4.99 Å². The van der Waals surface area contributed by atoms with E-state index in [0.717, 1.165) is 57.1 Å². The summed E-state index contributed by atoms with van der Waals surface area (Å²) in [5, 5.41) is 9.33. The van der Waals surface area contributed by atoms with E-state index in [1.807, 2.05) is 12.1 Å². The summed E-state index contributed by atoms with van der Waals surface area (Å²) in [6.45, 7) is 2.46. The van der Waals surface area contributed by atoms with Gasteiger partial charge in [0, 0.05) is 43.5 Å². The standard InChI is InChI=1S/C22H31N3O2S.HI/c1-2-11-22(10-1)17-18(9-15-27-22)25-21(23-12-7-19-5-3-14-26-19)24-13-8-20-6-4-16-28-20;/h3-6,14,16,18H,1-2,7-13,15,17H2,(H2,23,24,25);1H. The lowest BCUT2D eigenvalue weighted by Gasteiger charge is -2.39. The van der Waals surface area contributed by atoms with E-state index in [9.17, 15) is 0 Å². The van der Waals surface area contributed by atoms with Gasteiger partial charge in [-0.2, -0.15) is 0 Å². The van der Waals surface area contributed by atoms with Crippen LogP contribution in [-0.4, -0.2) is 37.3 Å². The second-order valence-corrected chi connectivity index (χ2v) is 8.92. The molecule has 2 aliphatic rings. The van der Waals surface area contributed by atoms with Crippen LogP contribution >= 0.6 is 35.3 Å². The van der Waals surface area contributed by atoms with Crippen molar-refractivity contribution >= 4 is 41.3 Å². The van der Waals surface area contributed by atoms with Crippen molar-refractivity contribution in [3.8, 4) is 0 Å². The number of hydrogen-bond acceptors (Lipinski definition) is 4. The molecule has 2 aromatic heterocycles. The first-order valence-corrected chi connectivity index (χ1v) is 11.4. The molecule has 1 aliphatic carbocycles. The summed E-state index contributed by atoms with van der Waals surface area (Å²) >= 11 is 1.80. The van der Waals surface area contributed by atoms with Crippen LogP contribution in [0.2, 0.25) is 0 Å². The Morgan fingerprint density at radius 3 is 2.86 bits per heavy atom. The largest absolute Gasteiger partial charge is 0.469 e. The summed E-state index contributed by atoms with van der Waals surface area (Å²) in [7, 11) is 0. The summed E-state index contributed by atoms with van der Waals surface area (Å²) in [5.41, 5.74) is 0.117. The number of halogens is 1. The van der Waals surface area contributed by atoms with E-state index in [1.54, 1.807) is 17.6 Å². The number of aliphatic imine (C=N–C) groups is 1. The van der Waals surface area contributed by atoms with Crippen LogP contribution in [-0.2, 0) is 17.6 Å². The van der Waals surface area contributed by atoms with E-state index in [1.165, 1.54) is 30.6 Å². The van der Waals surface area contributed by atoms with Gasteiger partial charge in [0.2, 0.25) is 0 Å². The highest BCUT2D eigenvalue weighted by Gasteiger charge is 2.40. The molecule has 3 heterocycles. The van der Waals surface area contributed by atoms with Crippen molar-refractivity contribution in [3.63, 3.8) is 0 Å². The van der Waals surface area contributed by atoms with Gasteiger partial charge in [0.25, 0.3) is 0 Å². The lowest BCUT2D eigenvalue weighted by atomic mass is 9.89. The van der Waals surface area contributed by atoms with E-state index in [0.29, 0.717) is 6.04 Å². The molecule has 0 aromatic carbocycles. The number of ether oxygens (including phenoxy) is 1. The third kappa shape index (κ3) is 6.72. The molecule has 1 aliphatic heterocycles. The van der Waals surface area contributed by atoms with Crippen molar-refractivity contribution in [2.45, 2.75) is 63.0 Å². The number of rotatable bonds is 7. The Balaban J connectivity index is 0.00000240.